The quantitative estimate of drug-likeness (QED) is 0.880. The van der Waals surface area contributed by atoms with Crippen molar-refractivity contribution in [1.29, 1.82) is 0 Å². The molecule has 100 valence electrons. The molecule has 0 spiro atoms. The van der Waals surface area contributed by atoms with Crippen molar-refractivity contribution in [3.05, 3.63) is 29.8 Å². The summed E-state index contributed by atoms with van der Waals surface area (Å²) in [7, 11) is 0. The molecule has 2 atom stereocenters. The van der Waals surface area contributed by atoms with E-state index in [0.717, 1.165) is 25.3 Å². The van der Waals surface area contributed by atoms with Gasteiger partial charge >= 0.3 is 0 Å². The van der Waals surface area contributed by atoms with Crippen molar-refractivity contribution in [3.8, 4) is 5.75 Å². The molecule has 0 saturated heterocycles. The number of hydrogen-bond acceptors (Lipinski definition) is 2. The van der Waals surface area contributed by atoms with Crippen LogP contribution in [0.1, 0.15) is 33.1 Å². The van der Waals surface area contributed by atoms with E-state index in [9.17, 15) is 8.78 Å². The highest BCUT2D eigenvalue weighted by atomic mass is 19.1. The normalized spacial score (nSPS) is 26.9. The van der Waals surface area contributed by atoms with E-state index in [1.54, 1.807) is 0 Å². The molecule has 1 aromatic rings. The number of rotatable bonds is 2. The maximum Gasteiger partial charge on any atom is 0.129 e. The summed E-state index contributed by atoms with van der Waals surface area (Å²) in [6, 6.07) is 3.14. The van der Waals surface area contributed by atoms with E-state index < -0.39 is 11.6 Å². The second-order valence-electron chi connectivity index (χ2n) is 5.83. The average molecular weight is 255 g/mol. The topological polar surface area (TPSA) is 35.2 Å². The van der Waals surface area contributed by atoms with E-state index in [4.69, 9.17) is 10.5 Å². The van der Waals surface area contributed by atoms with Gasteiger partial charge in [0, 0.05) is 24.2 Å². The fraction of sp³-hybridized carbons (Fsp3) is 0.571. The molecule has 18 heavy (non-hydrogen) atoms. The molecule has 0 heterocycles. The van der Waals surface area contributed by atoms with Crippen LogP contribution in [-0.4, -0.2) is 12.1 Å². The summed E-state index contributed by atoms with van der Waals surface area (Å²) in [5, 5.41) is 0. The number of ether oxygens (including phenoxy) is 1. The molecule has 2 N–H and O–H groups in total. The molecule has 4 heteroatoms. The van der Waals surface area contributed by atoms with Gasteiger partial charge in [-0.25, -0.2) is 8.78 Å². The van der Waals surface area contributed by atoms with Crippen LogP contribution in [0.4, 0.5) is 8.78 Å². The minimum Gasteiger partial charge on any atom is -0.489 e. The van der Waals surface area contributed by atoms with Gasteiger partial charge in [0.2, 0.25) is 0 Å². The summed E-state index contributed by atoms with van der Waals surface area (Å²) >= 11 is 0. The summed E-state index contributed by atoms with van der Waals surface area (Å²) in [5.41, 5.74) is 6.17. The van der Waals surface area contributed by atoms with Crippen LogP contribution in [0.3, 0.4) is 0 Å². The zero-order valence-corrected chi connectivity index (χ0v) is 10.7. The molecule has 2 rings (SSSR count). The lowest BCUT2D eigenvalue weighted by Gasteiger charge is -2.39. The Hall–Kier alpha value is -1.16. The molecule has 0 radical (unpaired) electrons. The monoisotopic (exact) mass is 255 g/mol. The van der Waals surface area contributed by atoms with Crippen LogP contribution in [-0.2, 0) is 0 Å². The molecule has 1 aromatic carbocycles. The van der Waals surface area contributed by atoms with Crippen molar-refractivity contribution < 1.29 is 13.5 Å². The molecular weight excluding hydrogens is 236 g/mol. The second-order valence-corrected chi connectivity index (χ2v) is 5.83. The Morgan fingerprint density at radius 3 is 2.44 bits per heavy atom. The van der Waals surface area contributed by atoms with E-state index in [0.29, 0.717) is 0 Å². The smallest absolute Gasteiger partial charge is 0.129 e. The zero-order valence-electron chi connectivity index (χ0n) is 10.7. The third-order valence-corrected chi connectivity index (χ3v) is 3.51. The molecule has 1 fully saturated rings. The van der Waals surface area contributed by atoms with E-state index in [2.05, 4.69) is 13.8 Å². The Labute approximate surface area is 106 Å². The van der Waals surface area contributed by atoms with Gasteiger partial charge in [-0.2, -0.15) is 0 Å². The SMILES string of the molecule is CC1(C)CCC(N)C(Oc2cc(F)cc(F)c2)C1. The van der Waals surface area contributed by atoms with Crippen molar-refractivity contribution >= 4 is 0 Å². The molecule has 1 aliphatic carbocycles. The Morgan fingerprint density at radius 1 is 1.22 bits per heavy atom. The molecule has 2 unspecified atom stereocenters. The fourth-order valence-electron chi connectivity index (χ4n) is 2.44. The van der Waals surface area contributed by atoms with Crippen LogP contribution >= 0.6 is 0 Å². The van der Waals surface area contributed by atoms with Crippen LogP contribution in [0.2, 0.25) is 0 Å². The molecule has 2 nitrogen and oxygen atoms in total. The van der Waals surface area contributed by atoms with Crippen LogP contribution in [0.15, 0.2) is 18.2 Å². The van der Waals surface area contributed by atoms with Crippen molar-refractivity contribution in [2.75, 3.05) is 0 Å². The number of benzene rings is 1. The van der Waals surface area contributed by atoms with Gasteiger partial charge in [-0.1, -0.05) is 13.8 Å². The van der Waals surface area contributed by atoms with Crippen LogP contribution in [0, 0.1) is 17.0 Å². The predicted molar refractivity (Wildman–Crippen MR) is 66.4 cm³/mol. The van der Waals surface area contributed by atoms with Gasteiger partial charge in [-0.15, -0.1) is 0 Å². The first-order valence-electron chi connectivity index (χ1n) is 6.24. The number of halogens is 2. The van der Waals surface area contributed by atoms with Gasteiger partial charge in [0.1, 0.15) is 23.5 Å². The summed E-state index contributed by atoms with van der Waals surface area (Å²) in [6.45, 7) is 4.31. The zero-order chi connectivity index (χ0) is 13.3. The van der Waals surface area contributed by atoms with Gasteiger partial charge in [0.25, 0.3) is 0 Å². The van der Waals surface area contributed by atoms with Crippen molar-refractivity contribution in [2.45, 2.75) is 45.3 Å². The van der Waals surface area contributed by atoms with E-state index in [1.807, 2.05) is 0 Å². The van der Waals surface area contributed by atoms with Crippen LogP contribution < -0.4 is 10.5 Å². The molecular formula is C14H19F2NO. The Morgan fingerprint density at radius 2 is 1.83 bits per heavy atom. The van der Waals surface area contributed by atoms with E-state index >= 15 is 0 Å². The van der Waals surface area contributed by atoms with Crippen LogP contribution in [0.25, 0.3) is 0 Å². The maximum atomic E-state index is 13.1. The van der Waals surface area contributed by atoms with Gasteiger partial charge < -0.3 is 10.5 Å². The third-order valence-electron chi connectivity index (χ3n) is 3.51. The number of hydrogen-bond donors (Lipinski definition) is 1. The minimum atomic E-state index is -0.631. The summed E-state index contributed by atoms with van der Waals surface area (Å²) in [5.74, 6) is -1.05. The number of nitrogens with two attached hydrogens (primary N) is 1. The Kier molecular flexibility index (Phi) is 3.57. The van der Waals surface area contributed by atoms with E-state index in [-0.39, 0.29) is 23.3 Å². The second kappa shape index (κ2) is 4.84. The predicted octanol–water partition coefficient (Wildman–Crippen LogP) is 3.25. The molecule has 0 aromatic heterocycles. The molecule has 1 saturated carbocycles. The lowest BCUT2D eigenvalue weighted by molar-refractivity contribution is 0.0664. The molecule has 0 amide bonds. The first-order valence-corrected chi connectivity index (χ1v) is 6.24. The average Bonchev–Trinajstić information content (AvgIpc) is 2.22. The van der Waals surface area contributed by atoms with E-state index in [1.165, 1.54) is 12.1 Å². The van der Waals surface area contributed by atoms with Crippen molar-refractivity contribution in [1.82, 2.24) is 0 Å². The first kappa shape index (κ1) is 13.3. The minimum absolute atomic E-state index is 0.0793. The molecule has 1 aliphatic rings. The highest BCUT2D eigenvalue weighted by Gasteiger charge is 2.34. The first-order chi connectivity index (χ1) is 8.35. The van der Waals surface area contributed by atoms with Gasteiger partial charge in [0.15, 0.2) is 0 Å². The lowest BCUT2D eigenvalue weighted by Crippen LogP contribution is -2.46. The van der Waals surface area contributed by atoms with Gasteiger partial charge in [-0.3, -0.25) is 0 Å². The highest BCUT2D eigenvalue weighted by molar-refractivity contribution is 5.24. The van der Waals surface area contributed by atoms with Crippen molar-refractivity contribution in [3.63, 3.8) is 0 Å². The summed E-state index contributed by atoms with van der Waals surface area (Å²) in [4.78, 5) is 0. The van der Waals surface area contributed by atoms with Gasteiger partial charge in [-0.05, 0) is 24.7 Å². The van der Waals surface area contributed by atoms with Crippen molar-refractivity contribution in [2.24, 2.45) is 11.1 Å². The summed E-state index contributed by atoms with van der Waals surface area (Å²) in [6.07, 6.45) is 2.53. The maximum absolute atomic E-state index is 13.1. The fourth-order valence-corrected chi connectivity index (χ4v) is 2.44. The van der Waals surface area contributed by atoms with Gasteiger partial charge in [0.05, 0.1) is 0 Å². The third kappa shape index (κ3) is 3.19. The highest BCUT2D eigenvalue weighted by Crippen LogP contribution is 2.36. The lowest BCUT2D eigenvalue weighted by atomic mass is 9.74. The standard InChI is InChI=1S/C14H19F2NO/c1-14(2)4-3-12(17)13(8-14)18-11-6-9(15)5-10(16)7-11/h5-7,12-13H,3-4,8,17H2,1-2H3. The summed E-state index contributed by atoms with van der Waals surface area (Å²) < 4.78 is 31.8. The largest absolute Gasteiger partial charge is 0.489 e. The molecule has 0 aliphatic heterocycles. The van der Waals surface area contributed by atoms with Crippen LogP contribution in [0.5, 0.6) is 5.75 Å². The molecule has 0 bridgehead atoms. The Bertz CT molecular complexity index is 414. The Balaban J connectivity index is 2.12.